The van der Waals surface area contributed by atoms with Crippen LogP contribution in [0.3, 0.4) is 0 Å². The minimum absolute atomic E-state index is 0.0177. The van der Waals surface area contributed by atoms with Crippen LogP contribution in [0.25, 0.3) is 0 Å². The van der Waals surface area contributed by atoms with Gasteiger partial charge in [0.25, 0.3) is 15.7 Å². The number of hydrazone groups is 1. The maximum absolute atomic E-state index is 12.9. The van der Waals surface area contributed by atoms with Crippen LogP contribution in [0.15, 0.2) is 70.7 Å². The van der Waals surface area contributed by atoms with Crippen molar-refractivity contribution in [1.29, 1.82) is 0 Å². The molecule has 0 bridgehead atoms. The van der Waals surface area contributed by atoms with Crippen LogP contribution in [0.2, 0.25) is 0 Å². The Morgan fingerprint density at radius 3 is 2.38 bits per heavy atom. The van der Waals surface area contributed by atoms with Crippen molar-refractivity contribution in [3.63, 3.8) is 0 Å². The third-order valence-corrected chi connectivity index (χ3v) is 5.63. The number of phenolic OH excluding ortho intramolecular Hbond substituents is 2. The summed E-state index contributed by atoms with van der Waals surface area (Å²) >= 11 is 0. The lowest BCUT2D eigenvalue weighted by molar-refractivity contribution is -0.385. The van der Waals surface area contributed by atoms with Gasteiger partial charge in [-0.3, -0.25) is 20.3 Å². The summed E-state index contributed by atoms with van der Waals surface area (Å²) in [7, 11) is -2.76. The van der Waals surface area contributed by atoms with E-state index in [2.05, 4.69) is 15.2 Å². The number of hydrogen-bond donors (Lipinski definition) is 4. The Hall–Kier alpha value is -4.32. The summed E-state index contributed by atoms with van der Waals surface area (Å²) < 4.78 is 33.3. The Morgan fingerprint density at radius 1 is 1.03 bits per heavy atom. The SMILES string of the molecule is COc1ccc(NS(=O)(=O)c2cc([N+](=O)[O-])ccc2N/N=C/c2ccc(O)c(O)c2)cc1. The quantitative estimate of drug-likeness (QED) is 0.173. The first-order chi connectivity index (χ1) is 15.2. The largest absolute Gasteiger partial charge is 0.504 e. The maximum atomic E-state index is 12.9. The molecule has 0 atom stereocenters. The molecule has 0 saturated carbocycles. The van der Waals surface area contributed by atoms with Crippen molar-refractivity contribution in [3.8, 4) is 17.2 Å². The lowest BCUT2D eigenvalue weighted by Gasteiger charge is -2.12. The number of nitro benzene ring substituents is 1. The number of nitro groups is 1. The molecule has 32 heavy (non-hydrogen) atoms. The van der Waals surface area contributed by atoms with Gasteiger partial charge in [-0.15, -0.1) is 0 Å². The van der Waals surface area contributed by atoms with Crippen LogP contribution in [0, 0.1) is 10.1 Å². The van der Waals surface area contributed by atoms with Gasteiger partial charge < -0.3 is 14.9 Å². The molecule has 0 unspecified atom stereocenters. The molecule has 0 aliphatic heterocycles. The normalized spacial score (nSPS) is 11.3. The minimum Gasteiger partial charge on any atom is -0.504 e. The van der Waals surface area contributed by atoms with Crippen molar-refractivity contribution in [2.45, 2.75) is 4.90 Å². The van der Waals surface area contributed by atoms with Crippen LogP contribution in [-0.2, 0) is 10.0 Å². The zero-order chi connectivity index (χ0) is 23.3. The summed E-state index contributed by atoms with van der Waals surface area (Å²) in [6, 6.07) is 13.3. The molecule has 0 spiro atoms. The van der Waals surface area contributed by atoms with Gasteiger partial charge in [-0.2, -0.15) is 5.10 Å². The fourth-order valence-electron chi connectivity index (χ4n) is 2.61. The molecule has 0 radical (unpaired) electrons. The second-order valence-corrected chi connectivity index (χ2v) is 8.04. The Bertz CT molecular complexity index is 1280. The average Bonchev–Trinajstić information content (AvgIpc) is 2.76. The van der Waals surface area contributed by atoms with E-state index in [0.717, 1.165) is 12.1 Å². The van der Waals surface area contributed by atoms with E-state index in [9.17, 15) is 28.7 Å². The highest BCUT2D eigenvalue weighted by Gasteiger charge is 2.22. The first-order valence-corrected chi connectivity index (χ1v) is 10.4. The van der Waals surface area contributed by atoms with Crippen LogP contribution < -0.4 is 14.9 Å². The number of nitrogens with zero attached hydrogens (tertiary/aromatic N) is 2. The molecule has 4 N–H and O–H groups in total. The van der Waals surface area contributed by atoms with Crippen LogP contribution >= 0.6 is 0 Å². The van der Waals surface area contributed by atoms with Gasteiger partial charge in [0.1, 0.15) is 10.6 Å². The fourth-order valence-corrected chi connectivity index (χ4v) is 3.84. The molecule has 0 fully saturated rings. The fraction of sp³-hybridized carbons (Fsp3) is 0.0500. The van der Waals surface area contributed by atoms with E-state index in [1.54, 1.807) is 12.1 Å². The summed E-state index contributed by atoms with van der Waals surface area (Å²) in [4.78, 5) is 10.1. The van der Waals surface area contributed by atoms with Crippen molar-refractivity contribution in [2.75, 3.05) is 17.3 Å². The second kappa shape index (κ2) is 9.22. The van der Waals surface area contributed by atoms with E-state index in [-0.39, 0.29) is 22.9 Å². The van der Waals surface area contributed by atoms with Gasteiger partial charge in [0.05, 0.1) is 23.9 Å². The highest BCUT2D eigenvalue weighted by Crippen LogP contribution is 2.29. The predicted molar refractivity (Wildman–Crippen MR) is 118 cm³/mol. The van der Waals surface area contributed by atoms with Gasteiger partial charge in [-0.25, -0.2) is 8.42 Å². The van der Waals surface area contributed by atoms with Gasteiger partial charge in [0, 0.05) is 17.8 Å². The van der Waals surface area contributed by atoms with Gasteiger partial charge in [-0.05, 0) is 54.1 Å². The molecule has 166 valence electrons. The summed E-state index contributed by atoms with van der Waals surface area (Å²) in [5.41, 5.74) is 2.74. The highest BCUT2D eigenvalue weighted by molar-refractivity contribution is 7.92. The summed E-state index contributed by atoms with van der Waals surface area (Å²) in [6.07, 6.45) is 1.27. The van der Waals surface area contributed by atoms with Crippen LogP contribution in [0.4, 0.5) is 17.1 Å². The monoisotopic (exact) mass is 458 g/mol. The molecule has 0 aliphatic carbocycles. The number of hydrogen-bond acceptors (Lipinski definition) is 9. The Kier molecular flexibility index (Phi) is 6.45. The molecule has 0 heterocycles. The topological polar surface area (TPSA) is 163 Å². The third kappa shape index (κ3) is 5.23. The molecule has 0 aliphatic rings. The third-order valence-electron chi connectivity index (χ3n) is 4.21. The number of phenols is 2. The lowest BCUT2D eigenvalue weighted by Crippen LogP contribution is -2.15. The lowest BCUT2D eigenvalue weighted by atomic mass is 10.2. The van der Waals surface area contributed by atoms with Crippen molar-refractivity contribution in [2.24, 2.45) is 5.10 Å². The van der Waals surface area contributed by atoms with E-state index in [4.69, 9.17) is 4.74 Å². The van der Waals surface area contributed by atoms with E-state index in [1.165, 1.54) is 49.7 Å². The van der Waals surface area contributed by atoms with Crippen LogP contribution in [0.5, 0.6) is 17.2 Å². The van der Waals surface area contributed by atoms with E-state index >= 15 is 0 Å². The molecular formula is C20H18N4O7S. The van der Waals surface area contributed by atoms with Crippen molar-refractivity contribution >= 4 is 33.3 Å². The van der Waals surface area contributed by atoms with Gasteiger partial charge >= 0.3 is 0 Å². The minimum atomic E-state index is -4.23. The number of anilines is 2. The number of rotatable bonds is 8. The number of ether oxygens (including phenoxy) is 1. The van der Waals surface area contributed by atoms with Gasteiger partial charge in [-0.1, -0.05) is 0 Å². The van der Waals surface area contributed by atoms with E-state index in [0.29, 0.717) is 11.3 Å². The summed E-state index contributed by atoms with van der Waals surface area (Å²) in [5.74, 6) is -0.125. The van der Waals surface area contributed by atoms with E-state index in [1.807, 2.05) is 0 Å². The maximum Gasteiger partial charge on any atom is 0.270 e. The molecule has 12 heteroatoms. The standard InChI is InChI=1S/C20H18N4O7S/c1-31-16-6-3-14(4-7-16)23-32(29,30)20-11-15(24(27)28)5-8-17(20)22-21-12-13-2-9-18(25)19(26)10-13/h2-12,22-23,25-26H,1H3/b21-12+. The highest BCUT2D eigenvalue weighted by atomic mass is 32.2. The molecule has 3 rings (SSSR count). The van der Waals surface area contributed by atoms with Crippen molar-refractivity contribution in [1.82, 2.24) is 0 Å². The predicted octanol–water partition coefficient (Wildman–Crippen LogP) is 3.26. The summed E-state index contributed by atoms with van der Waals surface area (Å²) in [6.45, 7) is 0. The smallest absolute Gasteiger partial charge is 0.270 e. The van der Waals surface area contributed by atoms with Gasteiger partial charge in [0.15, 0.2) is 11.5 Å². The molecule has 3 aromatic carbocycles. The zero-order valence-corrected chi connectivity index (χ0v) is 17.4. The van der Waals surface area contributed by atoms with E-state index < -0.39 is 25.5 Å². The first-order valence-electron chi connectivity index (χ1n) is 8.96. The Morgan fingerprint density at radius 2 is 1.75 bits per heavy atom. The first kappa shape index (κ1) is 22.4. The average molecular weight is 458 g/mol. The molecule has 0 amide bonds. The number of non-ortho nitro benzene ring substituents is 1. The Labute approximate surface area is 182 Å². The van der Waals surface area contributed by atoms with Crippen molar-refractivity contribution in [3.05, 3.63) is 76.3 Å². The second-order valence-electron chi connectivity index (χ2n) is 6.39. The number of aromatic hydroxyl groups is 2. The molecule has 3 aromatic rings. The summed E-state index contributed by atoms with van der Waals surface area (Å²) in [5, 5.41) is 34.0. The Balaban J connectivity index is 1.91. The van der Waals surface area contributed by atoms with Crippen molar-refractivity contribution < 1.29 is 28.3 Å². The number of methoxy groups -OCH3 is 1. The van der Waals surface area contributed by atoms with Crippen LogP contribution in [-0.4, -0.2) is 36.9 Å². The van der Waals surface area contributed by atoms with Gasteiger partial charge in [0.2, 0.25) is 0 Å². The number of benzene rings is 3. The molecule has 11 nitrogen and oxygen atoms in total. The van der Waals surface area contributed by atoms with Crippen LogP contribution in [0.1, 0.15) is 5.56 Å². The molecular weight excluding hydrogens is 440 g/mol. The number of nitrogens with one attached hydrogen (secondary N) is 2. The molecule has 0 aromatic heterocycles. The zero-order valence-electron chi connectivity index (χ0n) is 16.6. The number of sulfonamides is 1. The molecule has 0 saturated heterocycles.